The fraction of sp³-hybridized carbons (Fsp3) is 0.500. The zero-order valence-corrected chi connectivity index (χ0v) is 12.2. The van der Waals surface area contributed by atoms with Gasteiger partial charge in [0, 0.05) is 11.1 Å². The largest absolute Gasteiger partial charge is 0.492 e. The lowest BCUT2D eigenvalue weighted by atomic mass is 9.89. The van der Waals surface area contributed by atoms with Crippen molar-refractivity contribution in [1.29, 1.82) is 5.26 Å². The summed E-state index contributed by atoms with van der Waals surface area (Å²) in [6.45, 7) is 4.48. The van der Waals surface area contributed by atoms with E-state index in [0.717, 1.165) is 19.3 Å². The number of halogens is 2. The predicted molar refractivity (Wildman–Crippen MR) is 75.2 cm³/mol. The van der Waals surface area contributed by atoms with Crippen LogP contribution in [0.15, 0.2) is 18.2 Å². The van der Waals surface area contributed by atoms with Crippen molar-refractivity contribution in [3.8, 4) is 11.8 Å². The van der Waals surface area contributed by atoms with E-state index in [2.05, 4.69) is 6.07 Å². The Kier molecular flexibility index (Phi) is 5.78. The van der Waals surface area contributed by atoms with Crippen LogP contribution in [0.25, 0.3) is 0 Å². The van der Waals surface area contributed by atoms with Crippen LogP contribution in [0.5, 0.6) is 5.75 Å². The maximum Gasteiger partial charge on any atom is 0.139 e. The van der Waals surface area contributed by atoms with Crippen molar-refractivity contribution in [2.75, 3.05) is 6.61 Å². The maximum atomic E-state index is 8.88. The Balaban J connectivity index is 2.30. The van der Waals surface area contributed by atoms with Gasteiger partial charge in [0.2, 0.25) is 0 Å². The second kappa shape index (κ2) is 6.87. The molecule has 0 saturated heterocycles. The quantitative estimate of drug-likeness (QED) is 0.682. The third-order valence-corrected chi connectivity index (χ3v) is 3.20. The highest BCUT2D eigenvalue weighted by Gasteiger charge is 2.15. The molecule has 0 aromatic heterocycles. The summed E-state index contributed by atoms with van der Waals surface area (Å²) in [6, 6.07) is 7.45. The number of benzene rings is 1. The van der Waals surface area contributed by atoms with Crippen LogP contribution < -0.4 is 4.74 Å². The van der Waals surface area contributed by atoms with Gasteiger partial charge in [0.15, 0.2) is 0 Å². The van der Waals surface area contributed by atoms with Crippen LogP contribution >= 0.6 is 23.2 Å². The molecule has 4 heteroatoms. The zero-order chi connectivity index (χ0) is 13.6. The lowest BCUT2D eigenvalue weighted by molar-refractivity contribution is 0.295. The molecular formula is C14H17Cl2NO. The fourth-order valence-corrected chi connectivity index (χ4v) is 1.83. The number of hydrogen-bond donors (Lipinski definition) is 0. The van der Waals surface area contributed by atoms with E-state index in [4.69, 9.17) is 33.2 Å². The van der Waals surface area contributed by atoms with Gasteiger partial charge in [-0.15, -0.1) is 0 Å². The topological polar surface area (TPSA) is 33.0 Å². The lowest BCUT2D eigenvalue weighted by Crippen LogP contribution is -2.08. The van der Waals surface area contributed by atoms with Gasteiger partial charge in [-0.1, -0.05) is 23.2 Å². The molecule has 1 rings (SSSR count). The molecule has 1 aromatic carbocycles. The summed E-state index contributed by atoms with van der Waals surface area (Å²) in [6.07, 6.45) is 2.73. The first-order valence-electron chi connectivity index (χ1n) is 5.94. The molecule has 0 spiro atoms. The molecule has 18 heavy (non-hydrogen) atoms. The highest BCUT2D eigenvalue weighted by Crippen LogP contribution is 2.28. The number of ether oxygens (including phenoxy) is 1. The monoisotopic (exact) mass is 285 g/mol. The average Bonchev–Trinajstić information content (AvgIpc) is 2.33. The summed E-state index contributed by atoms with van der Waals surface area (Å²) < 4.78 is 5.57. The Morgan fingerprint density at radius 1 is 1.28 bits per heavy atom. The van der Waals surface area contributed by atoms with Gasteiger partial charge in [-0.3, -0.25) is 0 Å². The van der Waals surface area contributed by atoms with Crippen molar-refractivity contribution in [1.82, 2.24) is 0 Å². The summed E-state index contributed by atoms with van der Waals surface area (Å²) in [4.78, 5) is 0. The Bertz CT molecular complexity index is 438. The SMILES string of the molecule is CC(C)(C#N)CCCCOc1cc(Cl)ccc1Cl. The highest BCUT2D eigenvalue weighted by atomic mass is 35.5. The molecule has 0 fully saturated rings. The van der Waals surface area contributed by atoms with Gasteiger partial charge >= 0.3 is 0 Å². The van der Waals surface area contributed by atoms with Crippen LogP contribution in [0.4, 0.5) is 0 Å². The molecule has 0 saturated carbocycles. The summed E-state index contributed by atoms with van der Waals surface area (Å²) >= 11 is 11.8. The summed E-state index contributed by atoms with van der Waals surface area (Å²) in [5.41, 5.74) is -0.256. The minimum absolute atomic E-state index is 0.256. The number of nitriles is 1. The molecule has 0 heterocycles. The standard InChI is InChI=1S/C14H17Cl2NO/c1-14(2,10-17)7-3-4-8-18-13-9-11(15)5-6-12(13)16/h5-6,9H,3-4,7-8H2,1-2H3. The predicted octanol–water partition coefficient (Wildman–Crippen LogP) is 5.09. The van der Waals surface area contributed by atoms with Crippen molar-refractivity contribution in [2.45, 2.75) is 33.1 Å². The summed E-state index contributed by atoms with van der Waals surface area (Å²) in [7, 11) is 0. The minimum atomic E-state index is -0.256. The first-order valence-corrected chi connectivity index (χ1v) is 6.69. The normalized spacial score (nSPS) is 11.1. The van der Waals surface area contributed by atoms with E-state index in [9.17, 15) is 0 Å². The molecule has 0 amide bonds. The van der Waals surface area contributed by atoms with E-state index in [1.54, 1.807) is 18.2 Å². The smallest absolute Gasteiger partial charge is 0.139 e. The van der Waals surface area contributed by atoms with Crippen molar-refractivity contribution < 1.29 is 4.74 Å². The Hall–Kier alpha value is -0.910. The Morgan fingerprint density at radius 3 is 2.67 bits per heavy atom. The van der Waals surface area contributed by atoms with Gasteiger partial charge < -0.3 is 4.74 Å². The van der Waals surface area contributed by atoms with Gasteiger partial charge in [-0.2, -0.15) is 5.26 Å². The van der Waals surface area contributed by atoms with Crippen molar-refractivity contribution in [3.05, 3.63) is 28.2 Å². The number of nitrogens with zero attached hydrogens (tertiary/aromatic N) is 1. The van der Waals surface area contributed by atoms with Crippen LogP contribution in [0.3, 0.4) is 0 Å². The van der Waals surface area contributed by atoms with E-state index in [1.165, 1.54) is 0 Å². The molecule has 0 N–H and O–H groups in total. The molecule has 2 nitrogen and oxygen atoms in total. The van der Waals surface area contributed by atoms with Crippen molar-refractivity contribution >= 4 is 23.2 Å². The van der Waals surface area contributed by atoms with Gasteiger partial charge in [-0.05, 0) is 45.2 Å². The van der Waals surface area contributed by atoms with Crippen LogP contribution in [0.2, 0.25) is 10.0 Å². The fourth-order valence-electron chi connectivity index (χ4n) is 1.49. The van der Waals surface area contributed by atoms with Crippen LogP contribution in [0, 0.1) is 16.7 Å². The first-order chi connectivity index (χ1) is 8.44. The first kappa shape index (κ1) is 15.1. The molecule has 98 valence electrons. The van der Waals surface area contributed by atoms with E-state index >= 15 is 0 Å². The van der Waals surface area contributed by atoms with Gasteiger partial charge in [-0.25, -0.2) is 0 Å². The Morgan fingerprint density at radius 2 is 2.00 bits per heavy atom. The molecular weight excluding hydrogens is 269 g/mol. The van der Waals surface area contributed by atoms with Crippen LogP contribution in [-0.4, -0.2) is 6.61 Å². The van der Waals surface area contributed by atoms with Crippen molar-refractivity contribution in [3.63, 3.8) is 0 Å². The number of hydrogen-bond acceptors (Lipinski definition) is 2. The molecule has 0 aliphatic rings. The average molecular weight is 286 g/mol. The molecule has 0 bridgehead atoms. The molecule has 0 unspecified atom stereocenters. The van der Waals surface area contributed by atoms with E-state index < -0.39 is 0 Å². The summed E-state index contributed by atoms with van der Waals surface area (Å²) in [5.74, 6) is 0.615. The van der Waals surface area contributed by atoms with Gasteiger partial charge in [0.05, 0.1) is 23.1 Å². The molecule has 0 atom stereocenters. The van der Waals surface area contributed by atoms with E-state index in [1.807, 2.05) is 13.8 Å². The third kappa shape index (κ3) is 5.16. The van der Waals surface area contributed by atoms with E-state index in [0.29, 0.717) is 22.4 Å². The third-order valence-electron chi connectivity index (χ3n) is 2.65. The lowest BCUT2D eigenvalue weighted by Gasteiger charge is -2.14. The maximum absolute atomic E-state index is 8.88. The molecule has 0 aliphatic heterocycles. The highest BCUT2D eigenvalue weighted by molar-refractivity contribution is 6.34. The molecule has 0 aliphatic carbocycles. The van der Waals surface area contributed by atoms with Gasteiger partial charge in [0.1, 0.15) is 5.75 Å². The van der Waals surface area contributed by atoms with Gasteiger partial charge in [0.25, 0.3) is 0 Å². The zero-order valence-electron chi connectivity index (χ0n) is 10.7. The number of rotatable bonds is 6. The van der Waals surface area contributed by atoms with Crippen LogP contribution in [-0.2, 0) is 0 Å². The summed E-state index contributed by atoms with van der Waals surface area (Å²) in [5, 5.41) is 10.1. The second-order valence-electron chi connectivity index (χ2n) is 4.88. The van der Waals surface area contributed by atoms with Crippen molar-refractivity contribution in [2.24, 2.45) is 5.41 Å². The second-order valence-corrected chi connectivity index (χ2v) is 5.72. The number of unbranched alkanes of at least 4 members (excludes halogenated alkanes) is 1. The Labute approximate surface area is 118 Å². The molecule has 0 radical (unpaired) electrons. The molecule has 1 aromatic rings. The minimum Gasteiger partial charge on any atom is -0.492 e. The van der Waals surface area contributed by atoms with E-state index in [-0.39, 0.29) is 5.41 Å². The van der Waals surface area contributed by atoms with Crippen LogP contribution in [0.1, 0.15) is 33.1 Å².